The van der Waals surface area contributed by atoms with Gasteiger partial charge in [0.15, 0.2) is 0 Å². The second-order valence-corrected chi connectivity index (χ2v) is 5.12. The van der Waals surface area contributed by atoms with Crippen molar-refractivity contribution in [2.45, 2.75) is 51.9 Å². The van der Waals surface area contributed by atoms with Gasteiger partial charge in [0.1, 0.15) is 0 Å². The zero-order valence-corrected chi connectivity index (χ0v) is 12.4. The summed E-state index contributed by atoms with van der Waals surface area (Å²) < 4.78 is 0. The van der Waals surface area contributed by atoms with Crippen molar-refractivity contribution in [3.8, 4) is 0 Å². The van der Waals surface area contributed by atoms with Crippen LogP contribution in [0.3, 0.4) is 0 Å². The SMILES string of the molecule is C=CC(CCCCCCCC)C(C(=O)O)(C(=O)O)C(=O)O. The molecule has 0 fully saturated rings. The summed E-state index contributed by atoms with van der Waals surface area (Å²) in [5.41, 5.74) is -2.86. The van der Waals surface area contributed by atoms with Crippen LogP contribution < -0.4 is 0 Å². The Kier molecular flexibility index (Phi) is 8.35. The Balaban J connectivity index is 4.86. The molecule has 0 saturated carbocycles. The van der Waals surface area contributed by atoms with Gasteiger partial charge in [-0.1, -0.05) is 51.5 Å². The van der Waals surface area contributed by atoms with Gasteiger partial charge in [0.2, 0.25) is 0 Å². The molecule has 0 saturated heterocycles. The summed E-state index contributed by atoms with van der Waals surface area (Å²) in [6, 6.07) is 0. The maximum atomic E-state index is 11.3. The van der Waals surface area contributed by atoms with E-state index < -0.39 is 29.2 Å². The number of carbonyl (C=O) groups is 3. The van der Waals surface area contributed by atoms with E-state index in [4.69, 9.17) is 15.3 Å². The highest BCUT2D eigenvalue weighted by Gasteiger charge is 2.58. The molecule has 0 aromatic heterocycles. The van der Waals surface area contributed by atoms with Gasteiger partial charge in [0.05, 0.1) is 0 Å². The first-order valence-corrected chi connectivity index (χ1v) is 7.18. The highest BCUT2D eigenvalue weighted by atomic mass is 16.4. The molecule has 3 N–H and O–H groups in total. The predicted octanol–water partition coefficient (Wildman–Crippen LogP) is 2.78. The Morgan fingerprint density at radius 1 is 0.952 bits per heavy atom. The number of carboxylic acids is 3. The molecular formula is C15H24O6. The molecule has 120 valence electrons. The average molecular weight is 300 g/mol. The van der Waals surface area contributed by atoms with Crippen molar-refractivity contribution in [1.29, 1.82) is 0 Å². The minimum absolute atomic E-state index is 0.181. The van der Waals surface area contributed by atoms with Crippen molar-refractivity contribution >= 4 is 17.9 Å². The smallest absolute Gasteiger partial charge is 0.333 e. The molecule has 0 aromatic rings. The topological polar surface area (TPSA) is 112 Å². The van der Waals surface area contributed by atoms with Crippen LogP contribution in [-0.4, -0.2) is 33.2 Å². The fraction of sp³-hybridized carbons (Fsp3) is 0.667. The third-order valence-electron chi connectivity index (χ3n) is 3.72. The maximum Gasteiger partial charge on any atom is 0.333 e. The summed E-state index contributed by atoms with van der Waals surface area (Å²) in [4.78, 5) is 33.8. The zero-order valence-electron chi connectivity index (χ0n) is 12.4. The molecule has 0 spiro atoms. The van der Waals surface area contributed by atoms with Crippen molar-refractivity contribution in [2.75, 3.05) is 0 Å². The van der Waals surface area contributed by atoms with Crippen LogP contribution in [0.2, 0.25) is 0 Å². The van der Waals surface area contributed by atoms with Gasteiger partial charge in [-0.2, -0.15) is 0 Å². The standard InChI is InChI=1S/C15H24O6/c1-3-5-6-7-8-9-10-11(4-2)15(12(16)17,13(18)19)14(20)21/h4,11H,2-3,5-10H2,1H3,(H,16,17)(H,18,19)(H,20,21). The molecular weight excluding hydrogens is 276 g/mol. The summed E-state index contributed by atoms with van der Waals surface area (Å²) in [7, 11) is 0. The van der Waals surface area contributed by atoms with Crippen molar-refractivity contribution in [3.05, 3.63) is 12.7 Å². The van der Waals surface area contributed by atoms with E-state index in [2.05, 4.69) is 13.5 Å². The predicted molar refractivity (Wildman–Crippen MR) is 77.0 cm³/mol. The number of hydrogen-bond donors (Lipinski definition) is 3. The molecule has 0 heterocycles. The van der Waals surface area contributed by atoms with Gasteiger partial charge in [-0.15, -0.1) is 6.58 Å². The van der Waals surface area contributed by atoms with Gasteiger partial charge < -0.3 is 15.3 Å². The molecule has 6 nitrogen and oxygen atoms in total. The van der Waals surface area contributed by atoms with Crippen LogP contribution in [-0.2, 0) is 14.4 Å². The second kappa shape index (κ2) is 9.15. The van der Waals surface area contributed by atoms with Crippen LogP contribution in [0, 0.1) is 11.3 Å². The van der Waals surface area contributed by atoms with Crippen molar-refractivity contribution in [1.82, 2.24) is 0 Å². The number of aliphatic carboxylic acids is 3. The lowest BCUT2D eigenvalue weighted by Crippen LogP contribution is -2.51. The van der Waals surface area contributed by atoms with E-state index in [9.17, 15) is 14.4 Å². The summed E-state index contributed by atoms with van der Waals surface area (Å²) in [5, 5.41) is 27.4. The Morgan fingerprint density at radius 2 is 1.38 bits per heavy atom. The van der Waals surface area contributed by atoms with Gasteiger partial charge in [-0.25, -0.2) is 0 Å². The molecule has 1 unspecified atom stereocenters. The first-order valence-electron chi connectivity index (χ1n) is 7.18. The summed E-state index contributed by atoms with van der Waals surface area (Å²) in [5.74, 6) is -6.73. The van der Waals surface area contributed by atoms with Crippen LogP contribution in [0.25, 0.3) is 0 Å². The number of carboxylic acid groups (broad SMARTS) is 3. The van der Waals surface area contributed by atoms with Crippen molar-refractivity contribution in [3.63, 3.8) is 0 Å². The zero-order chi connectivity index (χ0) is 16.5. The molecule has 6 heteroatoms. The Hall–Kier alpha value is -1.85. The molecule has 1 atom stereocenters. The van der Waals surface area contributed by atoms with E-state index in [1.165, 1.54) is 0 Å². The molecule has 0 aliphatic heterocycles. The third kappa shape index (κ3) is 4.58. The van der Waals surface area contributed by atoms with Gasteiger partial charge in [-0.3, -0.25) is 14.4 Å². The Labute approximate surface area is 124 Å². The number of hydrogen-bond acceptors (Lipinski definition) is 3. The van der Waals surface area contributed by atoms with Crippen LogP contribution >= 0.6 is 0 Å². The van der Waals surface area contributed by atoms with E-state index >= 15 is 0 Å². The molecule has 0 radical (unpaired) electrons. The van der Waals surface area contributed by atoms with Crippen LogP contribution in [0.1, 0.15) is 51.9 Å². The van der Waals surface area contributed by atoms with E-state index in [1.54, 1.807) is 0 Å². The first-order chi connectivity index (χ1) is 9.85. The van der Waals surface area contributed by atoms with Gasteiger partial charge in [0.25, 0.3) is 5.41 Å². The van der Waals surface area contributed by atoms with E-state index in [0.29, 0.717) is 6.42 Å². The normalized spacial score (nSPS) is 12.6. The summed E-state index contributed by atoms with van der Waals surface area (Å²) in [6.07, 6.45) is 6.97. The van der Waals surface area contributed by atoms with Gasteiger partial charge in [-0.05, 0) is 6.42 Å². The van der Waals surface area contributed by atoms with E-state index in [0.717, 1.165) is 38.2 Å². The Bertz CT molecular complexity index is 352. The highest BCUT2D eigenvalue weighted by molar-refractivity contribution is 6.16. The highest BCUT2D eigenvalue weighted by Crippen LogP contribution is 2.34. The summed E-state index contributed by atoms with van der Waals surface area (Å²) >= 11 is 0. The van der Waals surface area contributed by atoms with Crippen LogP contribution in [0.4, 0.5) is 0 Å². The van der Waals surface area contributed by atoms with Crippen LogP contribution in [0.5, 0.6) is 0 Å². The van der Waals surface area contributed by atoms with E-state index in [-0.39, 0.29) is 6.42 Å². The minimum Gasteiger partial charge on any atom is -0.480 e. The van der Waals surface area contributed by atoms with Gasteiger partial charge in [0, 0.05) is 5.92 Å². The molecule has 0 aliphatic rings. The maximum absolute atomic E-state index is 11.3. The lowest BCUT2D eigenvalue weighted by Gasteiger charge is -2.27. The first kappa shape index (κ1) is 19.1. The molecule has 0 aromatic carbocycles. The number of unbranched alkanes of at least 4 members (excludes halogenated alkanes) is 5. The molecule has 0 aliphatic carbocycles. The lowest BCUT2D eigenvalue weighted by atomic mass is 9.73. The van der Waals surface area contributed by atoms with E-state index in [1.807, 2.05) is 0 Å². The third-order valence-corrected chi connectivity index (χ3v) is 3.72. The monoisotopic (exact) mass is 300 g/mol. The molecule has 21 heavy (non-hydrogen) atoms. The summed E-state index contributed by atoms with van der Waals surface area (Å²) in [6.45, 7) is 5.50. The largest absolute Gasteiger partial charge is 0.480 e. The fourth-order valence-corrected chi connectivity index (χ4v) is 2.41. The molecule has 0 rings (SSSR count). The average Bonchev–Trinajstić information content (AvgIpc) is 2.39. The second-order valence-electron chi connectivity index (χ2n) is 5.12. The van der Waals surface area contributed by atoms with Gasteiger partial charge >= 0.3 is 17.9 Å². The van der Waals surface area contributed by atoms with Crippen molar-refractivity contribution in [2.24, 2.45) is 11.3 Å². The molecule has 0 bridgehead atoms. The fourth-order valence-electron chi connectivity index (χ4n) is 2.41. The van der Waals surface area contributed by atoms with Crippen molar-refractivity contribution < 1.29 is 29.7 Å². The quantitative estimate of drug-likeness (QED) is 0.290. The Morgan fingerprint density at radius 3 is 1.76 bits per heavy atom. The minimum atomic E-state index is -2.86. The number of allylic oxidation sites excluding steroid dienone is 1. The number of rotatable bonds is 12. The lowest BCUT2D eigenvalue weighted by molar-refractivity contribution is -0.179. The molecule has 0 amide bonds. The van der Waals surface area contributed by atoms with Crippen LogP contribution in [0.15, 0.2) is 12.7 Å².